The molecule has 1 aromatic heterocycles. The van der Waals surface area contributed by atoms with Crippen molar-refractivity contribution < 1.29 is 14.3 Å². The average molecular weight is 314 g/mol. The number of anilines is 1. The molecule has 0 aliphatic carbocycles. The Hall–Kier alpha value is -2.83. The zero-order chi connectivity index (χ0) is 16.4. The molecule has 1 aliphatic heterocycles. The normalized spacial score (nSPS) is 17.4. The molecule has 1 unspecified atom stereocenters. The highest BCUT2D eigenvalue weighted by Crippen LogP contribution is 2.25. The van der Waals surface area contributed by atoms with E-state index in [1.165, 1.54) is 6.20 Å². The molecule has 23 heavy (non-hydrogen) atoms. The summed E-state index contributed by atoms with van der Waals surface area (Å²) in [5.74, 6) is 0.450. The van der Waals surface area contributed by atoms with Crippen molar-refractivity contribution in [3.05, 3.63) is 41.7 Å². The van der Waals surface area contributed by atoms with Crippen LogP contribution in [0.3, 0.4) is 0 Å². The summed E-state index contributed by atoms with van der Waals surface area (Å²) in [6.07, 6.45) is 1.76. The number of hydrogen-bond donors (Lipinski definition) is 2. The molecule has 2 heterocycles. The summed E-state index contributed by atoms with van der Waals surface area (Å²) in [5.41, 5.74) is 1.97. The number of aryl methyl sites for hydroxylation is 1. The van der Waals surface area contributed by atoms with Crippen LogP contribution < -0.4 is 15.0 Å². The van der Waals surface area contributed by atoms with Crippen LogP contribution in [0.25, 0.3) is 0 Å². The number of benzene rings is 1. The van der Waals surface area contributed by atoms with Crippen LogP contribution >= 0.6 is 0 Å². The van der Waals surface area contributed by atoms with Gasteiger partial charge in [-0.05, 0) is 19.1 Å². The monoisotopic (exact) mass is 314 g/mol. The first-order valence-corrected chi connectivity index (χ1v) is 7.33. The Morgan fingerprint density at radius 1 is 1.48 bits per heavy atom. The van der Waals surface area contributed by atoms with Gasteiger partial charge < -0.3 is 15.0 Å². The number of nitrogens with zero attached hydrogens (tertiary/aromatic N) is 2. The zero-order valence-electron chi connectivity index (χ0n) is 13.0. The summed E-state index contributed by atoms with van der Waals surface area (Å²) in [6.45, 7) is 2.22. The van der Waals surface area contributed by atoms with Crippen LogP contribution in [0.15, 0.2) is 30.5 Å². The topological polar surface area (TPSA) is 87.3 Å². The van der Waals surface area contributed by atoms with Gasteiger partial charge in [-0.1, -0.05) is 6.07 Å². The van der Waals surface area contributed by atoms with Gasteiger partial charge in [0.25, 0.3) is 5.91 Å². The highest BCUT2D eigenvalue weighted by molar-refractivity contribution is 5.99. The van der Waals surface area contributed by atoms with Gasteiger partial charge in [0.1, 0.15) is 5.75 Å². The Labute approximate surface area is 133 Å². The maximum absolute atomic E-state index is 12.2. The Morgan fingerprint density at radius 3 is 3.00 bits per heavy atom. The second-order valence-electron chi connectivity index (χ2n) is 5.49. The van der Waals surface area contributed by atoms with E-state index in [1.807, 2.05) is 24.3 Å². The fourth-order valence-electron chi connectivity index (χ4n) is 2.67. The quantitative estimate of drug-likeness (QED) is 0.889. The molecule has 1 atom stereocenters. The third-order valence-corrected chi connectivity index (χ3v) is 3.90. The van der Waals surface area contributed by atoms with E-state index in [4.69, 9.17) is 4.74 Å². The number of aromatic nitrogens is 2. The van der Waals surface area contributed by atoms with Crippen LogP contribution in [-0.2, 0) is 4.79 Å². The zero-order valence-corrected chi connectivity index (χ0v) is 13.0. The highest BCUT2D eigenvalue weighted by atomic mass is 16.5. The van der Waals surface area contributed by atoms with Crippen molar-refractivity contribution in [3.63, 3.8) is 0 Å². The Balaban J connectivity index is 1.70. The van der Waals surface area contributed by atoms with Crippen molar-refractivity contribution >= 4 is 17.5 Å². The molecule has 0 spiro atoms. The van der Waals surface area contributed by atoms with Gasteiger partial charge >= 0.3 is 0 Å². The number of hydrogen-bond acceptors (Lipinski definition) is 4. The van der Waals surface area contributed by atoms with Crippen LogP contribution in [0, 0.1) is 6.92 Å². The van der Waals surface area contributed by atoms with Crippen LogP contribution in [0.5, 0.6) is 5.75 Å². The van der Waals surface area contributed by atoms with E-state index in [-0.39, 0.29) is 24.3 Å². The molecule has 2 aromatic rings. The summed E-state index contributed by atoms with van der Waals surface area (Å²) >= 11 is 0. The lowest BCUT2D eigenvalue weighted by Crippen LogP contribution is -2.37. The lowest BCUT2D eigenvalue weighted by atomic mass is 10.2. The molecule has 7 heteroatoms. The molecule has 1 aliphatic rings. The molecule has 0 radical (unpaired) electrons. The van der Waals surface area contributed by atoms with Gasteiger partial charge in [0.2, 0.25) is 5.91 Å². The summed E-state index contributed by atoms with van der Waals surface area (Å²) in [6, 6.07) is 7.09. The number of carbonyl (C=O) groups is 2. The van der Waals surface area contributed by atoms with Gasteiger partial charge in [-0.15, -0.1) is 0 Å². The number of carbonyl (C=O) groups excluding carboxylic acids is 2. The Kier molecular flexibility index (Phi) is 4.01. The smallest absolute Gasteiger partial charge is 0.255 e. The molecule has 0 saturated carbocycles. The Morgan fingerprint density at radius 2 is 2.30 bits per heavy atom. The molecule has 120 valence electrons. The van der Waals surface area contributed by atoms with E-state index < -0.39 is 0 Å². The minimum atomic E-state index is -0.226. The van der Waals surface area contributed by atoms with Crippen molar-refractivity contribution in [3.8, 4) is 5.75 Å². The number of amides is 2. The van der Waals surface area contributed by atoms with Crippen LogP contribution in [0.2, 0.25) is 0 Å². The van der Waals surface area contributed by atoms with E-state index in [9.17, 15) is 9.59 Å². The first-order chi connectivity index (χ1) is 11.1. The number of H-pyrrole nitrogens is 1. The SMILES string of the molecule is COc1cccc(N2CC(NC(=O)c3cn[nH]c3C)CC2=O)c1. The van der Waals surface area contributed by atoms with Crippen molar-refractivity contribution in [2.24, 2.45) is 0 Å². The van der Waals surface area contributed by atoms with Gasteiger partial charge in [0, 0.05) is 30.4 Å². The fourth-order valence-corrected chi connectivity index (χ4v) is 2.67. The van der Waals surface area contributed by atoms with E-state index in [1.54, 1.807) is 18.9 Å². The number of aromatic amines is 1. The number of methoxy groups -OCH3 is 1. The largest absolute Gasteiger partial charge is 0.497 e. The van der Waals surface area contributed by atoms with Gasteiger partial charge in [-0.2, -0.15) is 5.10 Å². The van der Waals surface area contributed by atoms with Crippen molar-refractivity contribution in [1.82, 2.24) is 15.5 Å². The third-order valence-electron chi connectivity index (χ3n) is 3.90. The minimum Gasteiger partial charge on any atom is -0.497 e. The minimum absolute atomic E-state index is 0.0209. The van der Waals surface area contributed by atoms with E-state index in [0.29, 0.717) is 23.6 Å². The molecule has 0 bridgehead atoms. The predicted octanol–water partition coefficient (Wildman–Crippen LogP) is 1.26. The molecule has 2 amide bonds. The van der Waals surface area contributed by atoms with Crippen LogP contribution in [-0.4, -0.2) is 41.7 Å². The number of ether oxygens (including phenoxy) is 1. The molecule has 1 aromatic carbocycles. The second-order valence-corrected chi connectivity index (χ2v) is 5.49. The molecule has 7 nitrogen and oxygen atoms in total. The first kappa shape index (κ1) is 15.1. The fraction of sp³-hybridized carbons (Fsp3) is 0.312. The second kappa shape index (κ2) is 6.12. The maximum atomic E-state index is 12.2. The third kappa shape index (κ3) is 3.03. The van der Waals surface area contributed by atoms with E-state index in [2.05, 4.69) is 15.5 Å². The molecule has 3 rings (SSSR count). The van der Waals surface area contributed by atoms with Crippen LogP contribution in [0.4, 0.5) is 5.69 Å². The van der Waals surface area contributed by atoms with E-state index >= 15 is 0 Å². The molecule has 2 N–H and O–H groups in total. The number of rotatable bonds is 4. The maximum Gasteiger partial charge on any atom is 0.255 e. The van der Waals surface area contributed by atoms with Crippen molar-refractivity contribution in [2.75, 3.05) is 18.6 Å². The van der Waals surface area contributed by atoms with E-state index in [0.717, 1.165) is 5.69 Å². The van der Waals surface area contributed by atoms with Gasteiger partial charge in [0.05, 0.1) is 24.9 Å². The summed E-state index contributed by atoms with van der Waals surface area (Å²) in [4.78, 5) is 26.1. The molecule has 1 saturated heterocycles. The molecular weight excluding hydrogens is 296 g/mol. The standard InChI is InChI=1S/C16H18N4O3/c1-10-14(8-17-19-10)16(22)18-11-6-15(21)20(9-11)12-4-3-5-13(7-12)23-2/h3-5,7-8,11H,6,9H2,1-2H3,(H,17,19)(H,18,22). The lowest BCUT2D eigenvalue weighted by molar-refractivity contribution is -0.117. The van der Waals surface area contributed by atoms with Crippen molar-refractivity contribution in [2.45, 2.75) is 19.4 Å². The summed E-state index contributed by atoms with van der Waals surface area (Å²) in [5, 5.41) is 9.45. The predicted molar refractivity (Wildman–Crippen MR) is 84.5 cm³/mol. The average Bonchev–Trinajstić information content (AvgIpc) is 3.13. The van der Waals surface area contributed by atoms with Gasteiger partial charge in [-0.25, -0.2) is 0 Å². The van der Waals surface area contributed by atoms with Crippen molar-refractivity contribution in [1.29, 1.82) is 0 Å². The van der Waals surface area contributed by atoms with Gasteiger partial charge in [-0.3, -0.25) is 14.7 Å². The van der Waals surface area contributed by atoms with Gasteiger partial charge in [0.15, 0.2) is 0 Å². The summed E-state index contributed by atoms with van der Waals surface area (Å²) in [7, 11) is 1.58. The number of nitrogens with one attached hydrogen (secondary N) is 2. The molecular formula is C16H18N4O3. The van der Waals surface area contributed by atoms with Crippen LogP contribution in [0.1, 0.15) is 22.5 Å². The first-order valence-electron chi connectivity index (χ1n) is 7.33. The Bertz CT molecular complexity index is 740. The molecule has 1 fully saturated rings. The highest BCUT2D eigenvalue weighted by Gasteiger charge is 2.32. The lowest BCUT2D eigenvalue weighted by Gasteiger charge is -2.18. The summed E-state index contributed by atoms with van der Waals surface area (Å²) < 4.78 is 5.19.